The second-order valence-corrected chi connectivity index (χ2v) is 5.15. The molecule has 0 aliphatic carbocycles. The Labute approximate surface area is 99.8 Å². The summed E-state index contributed by atoms with van der Waals surface area (Å²) in [6.07, 6.45) is 1.26. The molecule has 1 heterocycles. The Morgan fingerprint density at radius 2 is 2.20 bits per heavy atom. The monoisotopic (exact) mass is 268 g/mol. The van der Waals surface area contributed by atoms with Crippen LogP contribution < -0.4 is 10.2 Å². The van der Waals surface area contributed by atoms with Gasteiger partial charge in [-0.2, -0.15) is 0 Å². The van der Waals surface area contributed by atoms with E-state index in [1.165, 1.54) is 22.1 Å². The number of halogens is 1. The summed E-state index contributed by atoms with van der Waals surface area (Å²) in [6.45, 7) is 2.27. The van der Waals surface area contributed by atoms with Crippen molar-refractivity contribution < 1.29 is 0 Å². The van der Waals surface area contributed by atoms with Gasteiger partial charge < -0.3 is 10.2 Å². The van der Waals surface area contributed by atoms with E-state index in [0.717, 1.165) is 13.1 Å². The molecule has 0 radical (unpaired) electrons. The van der Waals surface area contributed by atoms with Crippen LogP contribution in [0.4, 0.5) is 5.69 Å². The van der Waals surface area contributed by atoms with Gasteiger partial charge in [0.25, 0.3) is 0 Å². The van der Waals surface area contributed by atoms with Gasteiger partial charge in [-0.15, -0.1) is 0 Å². The Morgan fingerprint density at radius 3 is 2.73 bits per heavy atom. The van der Waals surface area contributed by atoms with Crippen molar-refractivity contribution in [3.63, 3.8) is 0 Å². The number of rotatable bonds is 2. The van der Waals surface area contributed by atoms with Gasteiger partial charge in [0.05, 0.1) is 5.69 Å². The molecule has 1 N–H and O–H groups in total. The molecule has 0 spiro atoms. The van der Waals surface area contributed by atoms with Crippen LogP contribution in [-0.2, 0) is 0 Å². The van der Waals surface area contributed by atoms with Crippen LogP contribution in [0.5, 0.6) is 0 Å². The van der Waals surface area contributed by atoms with E-state index in [4.69, 9.17) is 0 Å². The van der Waals surface area contributed by atoms with Crippen molar-refractivity contribution in [2.75, 3.05) is 32.1 Å². The van der Waals surface area contributed by atoms with Crippen molar-refractivity contribution in [3.05, 3.63) is 28.2 Å². The molecule has 2 rings (SSSR count). The number of hydrogen-bond donors (Lipinski definition) is 1. The molecule has 82 valence electrons. The van der Waals surface area contributed by atoms with E-state index in [9.17, 15) is 0 Å². The van der Waals surface area contributed by atoms with Gasteiger partial charge in [0.15, 0.2) is 0 Å². The van der Waals surface area contributed by atoms with Crippen molar-refractivity contribution in [1.29, 1.82) is 0 Å². The molecular formula is C12H17BrN2. The molecule has 15 heavy (non-hydrogen) atoms. The summed E-state index contributed by atoms with van der Waals surface area (Å²) in [4.78, 5) is 2.13. The normalized spacial score (nSPS) is 20.6. The van der Waals surface area contributed by atoms with Crippen molar-refractivity contribution in [1.82, 2.24) is 5.32 Å². The number of benzene rings is 1. The molecule has 1 aliphatic heterocycles. The van der Waals surface area contributed by atoms with E-state index in [0.29, 0.717) is 5.92 Å². The van der Waals surface area contributed by atoms with Crippen LogP contribution in [-0.4, -0.2) is 27.2 Å². The number of hydrogen-bond acceptors (Lipinski definition) is 2. The van der Waals surface area contributed by atoms with Gasteiger partial charge in [-0.05, 0) is 52.5 Å². The molecular weight excluding hydrogens is 252 g/mol. The Hall–Kier alpha value is -0.540. The highest BCUT2D eigenvalue weighted by molar-refractivity contribution is 9.10. The lowest BCUT2D eigenvalue weighted by Crippen LogP contribution is -2.10. The summed E-state index contributed by atoms with van der Waals surface area (Å²) in [5, 5.41) is 3.40. The number of nitrogens with one attached hydrogen (secondary N) is 1. The molecule has 1 unspecified atom stereocenters. The van der Waals surface area contributed by atoms with Gasteiger partial charge in [-0.25, -0.2) is 0 Å². The van der Waals surface area contributed by atoms with Crippen LogP contribution in [0.25, 0.3) is 0 Å². The summed E-state index contributed by atoms with van der Waals surface area (Å²) < 4.78 is 1.19. The first kappa shape index (κ1) is 11.0. The highest BCUT2D eigenvalue weighted by Crippen LogP contribution is 2.30. The smallest absolute Gasteiger partial charge is 0.0505 e. The third-order valence-electron chi connectivity index (χ3n) is 2.99. The maximum Gasteiger partial charge on any atom is 0.0505 e. The second-order valence-electron chi connectivity index (χ2n) is 4.29. The van der Waals surface area contributed by atoms with Gasteiger partial charge in [0.1, 0.15) is 0 Å². The lowest BCUT2D eigenvalue weighted by Gasteiger charge is -2.17. The molecule has 3 heteroatoms. The molecule has 0 saturated carbocycles. The minimum atomic E-state index is 0.692. The highest BCUT2D eigenvalue weighted by Gasteiger charge is 2.17. The standard InChI is InChI=1S/C12H17BrN2/c1-15(2)12-4-3-9(7-11(12)13)10-5-6-14-8-10/h3-4,7,10,14H,5-6,8H2,1-2H3. The predicted molar refractivity (Wildman–Crippen MR) is 68.7 cm³/mol. The molecule has 1 aromatic carbocycles. The minimum absolute atomic E-state index is 0.692. The van der Waals surface area contributed by atoms with Gasteiger partial charge in [0, 0.05) is 25.1 Å². The molecule has 0 bridgehead atoms. The zero-order valence-electron chi connectivity index (χ0n) is 9.26. The predicted octanol–water partition coefficient (Wildman–Crippen LogP) is 2.59. The molecule has 1 atom stereocenters. The fourth-order valence-corrected chi connectivity index (χ4v) is 2.83. The quantitative estimate of drug-likeness (QED) is 0.887. The first-order valence-corrected chi connectivity index (χ1v) is 6.15. The summed E-state index contributed by atoms with van der Waals surface area (Å²) in [5.41, 5.74) is 2.68. The van der Waals surface area contributed by atoms with Crippen LogP contribution in [0.1, 0.15) is 17.9 Å². The van der Waals surface area contributed by atoms with E-state index < -0.39 is 0 Å². The number of nitrogens with zero attached hydrogens (tertiary/aromatic N) is 1. The fourth-order valence-electron chi connectivity index (χ4n) is 2.08. The van der Waals surface area contributed by atoms with Gasteiger partial charge in [-0.1, -0.05) is 6.07 Å². The van der Waals surface area contributed by atoms with Crippen molar-refractivity contribution in [2.24, 2.45) is 0 Å². The third kappa shape index (κ3) is 2.34. The average molecular weight is 269 g/mol. The molecule has 1 saturated heterocycles. The average Bonchev–Trinajstić information content (AvgIpc) is 2.69. The van der Waals surface area contributed by atoms with Crippen LogP contribution in [0.15, 0.2) is 22.7 Å². The van der Waals surface area contributed by atoms with Crippen LogP contribution in [0.2, 0.25) is 0 Å². The third-order valence-corrected chi connectivity index (χ3v) is 3.62. The molecule has 1 aromatic rings. The fraction of sp³-hybridized carbons (Fsp3) is 0.500. The van der Waals surface area contributed by atoms with E-state index in [1.54, 1.807) is 0 Å². The van der Waals surface area contributed by atoms with Gasteiger partial charge in [-0.3, -0.25) is 0 Å². The zero-order chi connectivity index (χ0) is 10.8. The molecule has 2 nitrogen and oxygen atoms in total. The highest BCUT2D eigenvalue weighted by atomic mass is 79.9. The zero-order valence-corrected chi connectivity index (χ0v) is 10.8. The Kier molecular flexibility index (Phi) is 3.32. The van der Waals surface area contributed by atoms with Gasteiger partial charge in [0.2, 0.25) is 0 Å². The molecule has 0 aromatic heterocycles. The maximum absolute atomic E-state index is 3.63. The van der Waals surface area contributed by atoms with Crippen LogP contribution in [0, 0.1) is 0 Å². The Morgan fingerprint density at radius 1 is 1.40 bits per heavy atom. The first-order valence-electron chi connectivity index (χ1n) is 5.36. The van der Waals surface area contributed by atoms with E-state index >= 15 is 0 Å². The van der Waals surface area contributed by atoms with E-state index in [-0.39, 0.29) is 0 Å². The molecule has 0 amide bonds. The topological polar surface area (TPSA) is 15.3 Å². The minimum Gasteiger partial charge on any atom is -0.377 e. The second kappa shape index (κ2) is 4.54. The van der Waals surface area contributed by atoms with E-state index in [1.807, 2.05) is 0 Å². The molecule has 1 fully saturated rings. The first-order chi connectivity index (χ1) is 7.18. The Bertz CT molecular complexity index is 343. The SMILES string of the molecule is CN(C)c1ccc(C2CCNC2)cc1Br. The summed E-state index contributed by atoms with van der Waals surface area (Å²) in [6, 6.07) is 6.70. The lowest BCUT2D eigenvalue weighted by atomic mass is 9.98. The van der Waals surface area contributed by atoms with E-state index in [2.05, 4.69) is 58.4 Å². The summed E-state index contributed by atoms with van der Waals surface area (Å²) in [5.74, 6) is 0.692. The maximum atomic E-state index is 3.63. The largest absolute Gasteiger partial charge is 0.377 e. The lowest BCUT2D eigenvalue weighted by molar-refractivity contribution is 0.763. The van der Waals surface area contributed by atoms with Crippen molar-refractivity contribution in [3.8, 4) is 0 Å². The van der Waals surface area contributed by atoms with Gasteiger partial charge >= 0.3 is 0 Å². The summed E-state index contributed by atoms with van der Waals surface area (Å²) >= 11 is 3.63. The van der Waals surface area contributed by atoms with Crippen molar-refractivity contribution in [2.45, 2.75) is 12.3 Å². The summed E-state index contributed by atoms with van der Waals surface area (Å²) in [7, 11) is 4.13. The molecule has 1 aliphatic rings. The number of anilines is 1. The van der Waals surface area contributed by atoms with Crippen LogP contribution in [0.3, 0.4) is 0 Å². The van der Waals surface area contributed by atoms with Crippen molar-refractivity contribution >= 4 is 21.6 Å². The van der Waals surface area contributed by atoms with Crippen LogP contribution >= 0.6 is 15.9 Å². The Balaban J connectivity index is 2.24.